The highest BCUT2D eigenvalue weighted by Gasteiger charge is 2.07. The van der Waals surface area contributed by atoms with E-state index in [-0.39, 0.29) is 18.2 Å². The molecule has 0 spiro atoms. The van der Waals surface area contributed by atoms with E-state index in [0.717, 1.165) is 17.8 Å². The predicted molar refractivity (Wildman–Crippen MR) is 76.4 cm³/mol. The van der Waals surface area contributed by atoms with Crippen LogP contribution in [0.5, 0.6) is 0 Å². The van der Waals surface area contributed by atoms with Crippen molar-refractivity contribution in [2.75, 3.05) is 25.5 Å². The minimum Gasteiger partial charge on any atom is -0.385 e. The van der Waals surface area contributed by atoms with Gasteiger partial charge in [0.1, 0.15) is 0 Å². The van der Waals surface area contributed by atoms with E-state index >= 15 is 0 Å². The molecule has 0 saturated carbocycles. The molecular weight excluding hydrogens is 242 g/mol. The van der Waals surface area contributed by atoms with Gasteiger partial charge in [-0.05, 0) is 37.6 Å². The highest BCUT2D eigenvalue weighted by Crippen LogP contribution is 2.16. The van der Waals surface area contributed by atoms with Crippen molar-refractivity contribution in [3.8, 4) is 0 Å². The van der Waals surface area contributed by atoms with E-state index in [1.165, 1.54) is 0 Å². The fourth-order valence-corrected chi connectivity index (χ4v) is 1.71. The maximum Gasteiger partial charge on any atom is 0.251 e. The van der Waals surface area contributed by atoms with Crippen LogP contribution in [0.25, 0.3) is 0 Å². The lowest BCUT2D eigenvalue weighted by Gasteiger charge is -2.10. The SMILES string of the molecule is CCNc1ccc(C(=O)NCCC(=O)NC)cc1C. The summed E-state index contributed by atoms with van der Waals surface area (Å²) in [5.41, 5.74) is 2.67. The highest BCUT2D eigenvalue weighted by molar-refractivity contribution is 5.95. The molecule has 0 bridgehead atoms. The molecule has 0 aliphatic heterocycles. The zero-order chi connectivity index (χ0) is 14.3. The second-order valence-corrected chi connectivity index (χ2v) is 4.24. The van der Waals surface area contributed by atoms with E-state index in [1.54, 1.807) is 13.1 Å². The minimum absolute atomic E-state index is 0.0843. The monoisotopic (exact) mass is 263 g/mol. The summed E-state index contributed by atoms with van der Waals surface area (Å²) in [6, 6.07) is 5.51. The molecule has 0 heterocycles. The molecule has 0 unspecified atom stereocenters. The van der Waals surface area contributed by atoms with Gasteiger partial charge in [0.25, 0.3) is 5.91 Å². The number of anilines is 1. The van der Waals surface area contributed by atoms with Gasteiger partial charge in [0.15, 0.2) is 0 Å². The lowest BCUT2D eigenvalue weighted by atomic mass is 10.1. The Labute approximate surface area is 113 Å². The van der Waals surface area contributed by atoms with Gasteiger partial charge in [0.05, 0.1) is 0 Å². The van der Waals surface area contributed by atoms with Gasteiger partial charge in [0.2, 0.25) is 5.91 Å². The largest absolute Gasteiger partial charge is 0.385 e. The molecule has 1 aromatic carbocycles. The van der Waals surface area contributed by atoms with Gasteiger partial charge in [-0.3, -0.25) is 9.59 Å². The van der Waals surface area contributed by atoms with Crippen molar-refractivity contribution in [2.24, 2.45) is 0 Å². The molecule has 0 aliphatic rings. The number of amides is 2. The molecule has 0 radical (unpaired) electrons. The van der Waals surface area contributed by atoms with Crippen molar-refractivity contribution in [2.45, 2.75) is 20.3 Å². The zero-order valence-electron chi connectivity index (χ0n) is 11.7. The number of hydrogen-bond donors (Lipinski definition) is 3. The average molecular weight is 263 g/mol. The molecule has 3 N–H and O–H groups in total. The van der Waals surface area contributed by atoms with E-state index in [0.29, 0.717) is 12.1 Å². The summed E-state index contributed by atoms with van der Waals surface area (Å²) in [5.74, 6) is -0.242. The first-order valence-corrected chi connectivity index (χ1v) is 6.41. The van der Waals surface area contributed by atoms with E-state index < -0.39 is 0 Å². The van der Waals surface area contributed by atoms with Gasteiger partial charge in [-0.2, -0.15) is 0 Å². The summed E-state index contributed by atoms with van der Waals surface area (Å²) in [6.07, 6.45) is 0.288. The molecule has 5 heteroatoms. The van der Waals surface area contributed by atoms with Crippen LogP contribution in [-0.2, 0) is 4.79 Å². The smallest absolute Gasteiger partial charge is 0.251 e. The maximum atomic E-state index is 11.9. The third-order valence-electron chi connectivity index (χ3n) is 2.77. The van der Waals surface area contributed by atoms with Gasteiger partial charge >= 0.3 is 0 Å². The first kappa shape index (κ1) is 15.0. The van der Waals surface area contributed by atoms with Crippen LogP contribution in [-0.4, -0.2) is 32.0 Å². The summed E-state index contributed by atoms with van der Waals surface area (Å²) in [4.78, 5) is 22.9. The lowest BCUT2D eigenvalue weighted by Crippen LogP contribution is -2.29. The Kier molecular flexibility index (Phi) is 5.85. The second-order valence-electron chi connectivity index (χ2n) is 4.24. The number of benzene rings is 1. The lowest BCUT2D eigenvalue weighted by molar-refractivity contribution is -0.120. The fourth-order valence-electron chi connectivity index (χ4n) is 1.71. The summed E-state index contributed by atoms with van der Waals surface area (Å²) in [5, 5.41) is 8.46. The molecule has 0 aromatic heterocycles. The third kappa shape index (κ3) is 4.62. The van der Waals surface area contributed by atoms with Crippen LogP contribution in [0.2, 0.25) is 0 Å². The Hall–Kier alpha value is -2.04. The summed E-state index contributed by atoms with van der Waals surface area (Å²) in [6.45, 7) is 5.17. The molecule has 19 heavy (non-hydrogen) atoms. The number of aryl methyl sites for hydroxylation is 1. The third-order valence-corrected chi connectivity index (χ3v) is 2.77. The molecule has 0 aliphatic carbocycles. The second kappa shape index (κ2) is 7.41. The van der Waals surface area contributed by atoms with Crippen LogP contribution < -0.4 is 16.0 Å². The molecule has 2 amide bonds. The van der Waals surface area contributed by atoms with Gasteiger partial charge in [-0.15, -0.1) is 0 Å². The van der Waals surface area contributed by atoms with Crippen molar-refractivity contribution < 1.29 is 9.59 Å². The van der Waals surface area contributed by atoms with Gasteiger partial charge in [-0.25, -0.2) is 0 Å². The Morgan fingerprint density at radius 1 is 1.26 bits per heavy atom. The first-order valence-electron chi connectivity index (χ1n) is 6.41. The number of carbonyl (C=O) groups excluding carboxylic acids is 2. The van der Waals surface area contributed by atoms with Crippen LogP contribution in [0, 0.1) is 6.92 Å². The summed E-state index contributed by atoms with van der Waals surface area (Å²) < 4.78 is 0. The van der Waals surface area contributed by atoms with E-state index in [1.807, 2.05) is 26.0 Å². The van der Waals surface area contributed by atoms with Gasteiger partial charge in [0, 0.05) is 37.8 Å². The number of nitrogens with one attached hydrogen (secondary N) is 3. The Morgan fingerprint density at radius 3 is 2.58 bits per heavy atom. The van der Waals surface area contributed by atoms with Crippen LogP contribution in [0.1, 0.15) is 29.3 Å². The topological polar surface area (TPSA) is 70.2 Å². The molecular formula is C14H21N3O2. The maximum absolute atomic E-state index is 11.9. The van der Waals surface area contributed by atoms with E-state index in [4.69, 9.17) is 0 Å². The number of carbonyl (C=O) groups is 2. The van der Waals surface area contributed by atoms with Crippen molar-refractivity contribution >= 4 is 17.5 Å². The predicted octanol–water partition coefficient (Wildman–Crippen LogP) is 1.29. The fraction of sp³-hybridized carbons (Fsp3) is 0.429. The number of hydrogen-bond acceptors (Lipinski definition) is 3. The van der Waals surface area contributed by atoms with Crippen LogP contribution in [0.15, 0.2) is 18.2 Å². The Balaban J connectivity index is 2.57. The standard InChI is InChI=1S/C14H21N3O2/c1-4-16-12-6-5-11(9-10(12)2)14(19)17-8-7-13(18)15-3/h5-6,9,16H,4,7-8H2,1-3H3,(H,15,18)(H,17,19). The normalized spacial score (nSPS) is 9.84. The summed E-state index contributed by atoms with van der Waals surface area (Å²) in [7, 11) is 1.58. The van der Waals surface area contributed by atoms with Gasteiger partial charge in [-0.1, -0.05) is 0 Å². The van der Waals surface area contributed by atoms with Crippen molar-refractivity contribution in [1.82, 2.24) is 10.6 Å². The van der Waals surface area contributed by atoms with Crippen LogP contribution in [0.4, 0.5) is 5.69 Å². The van der Waals surface area contributed by atoms with Crippen LogP contribution in [0.3, 0.4) is 0 Å². The average Bonchev–Trinajstić information content (AvgIpc) is 2.40. The molecule has 0 fully saturated rings. The molecule has 0 atom stereocenters. The van der Waals surface area contributed by atoms with Crippen LogP contribution >= 0.6 is 0 Å². The van der Waals surface area contributed by atoms with Gasteiger partial charge < -0.3 is 16.0 Å². The minimum atomic E-state index is -0.157. The number of rotatable bonds is 6. The first-order chi connectivity index (χ1) is 9.08. The Bertz CT molecular complexity index is 458. The zero-order valence-corrected chi connectivity index (χ0v) is 11.7. The molecule has 1 rings (SSSR count). The quantitative estimate of drug-likeness (QED) is 0.724. The van der Waals surface area contributed by atoms with E-state index in [9.17, 15) is 9.59 Å². The van der Waals surface area contributed by atoms with E-state index in [2.05, 4.69) is 16.0 Å². The van der Waals surface area contributed by atoms with Crippen molar-refractivity contribution in [3.05, 3.63) is 29.3 Å². The molecule has 1 aromatic rings. The van der Waals surface area contributed by atoms with Crippen molar-refractivity contribution in [1.29, 1.82) is 0 Å². The molecule has 5 nitrogen and oxygen atoms in total. The van der Waals surface area contributed by atoms with Crippen molar-refractivity contribution in [3.63, 3.8) is 0 Å². The molecule has 104 valence electrons. The highest BCUT2D eigenvalue weighted by atomic mass is 16.2. The Morgan fingerprint density at radius 2 is 2.00 bits per heavy atom. The molecule has 0 saturated heterocycles. The summed E-state index contributed by atoms with van der Waals surface area (Å²) >= 11 is 0.